The molecule has 0 fully saturated rings. The largest absolute Gasteiger partial charge is 0.497 e. The first-order chi connectivity index (χ1) is 8.19. The van der Waals surface area contributed by atoms with E-state index in [1.165, 1.54) is 0 Å². The molecule has 1 N–H and O–H groups in total. The molecule has 1 aliphatic heterocycles. The molecule has 0 bridgehead atoms. The van der Waals surface area contributed by atoms with Crippen LogP contribution in [0.4, 0.5) is 5.69 Å². The van der Waals surface area contributed by atoms with Gasteiger partial charge in [-0.3, -0.25) is 4.99 Å². The Bertz CT molecular complexity index is 400. The van der Waals surface area contributed by atoms with Crippen LogP contribution in [0.15, 0.2) is 29.3 Å². The van der Waals surface area contributed by atoms with Gasteiger partial charge in [-0.15, -0.1) is 0 Å². The van der Waals surface area contributed by atoms with Crippen molar-refractivity contribution in [3.8, 4) is 5.75 Å². The van der Waals surface area contributed by atoms with Crippen LogP contribution in [0.25, 0.3) is 0 Å². The Morgan fingerprint density at radius 2 is 2.06 bits per heavy atom. The van der Waals surface area contributed by atoms with E-state index in [0.717, 1.165) is 22.4 Å². The fourth-order valence-electron chi connectivity index (χ4n) is 1.60. The number of thioether (sulfide) groups is 1. The summed E-state index contributed by atoms with van der Waals surface area (Å²) in [5.74, 6) is 2.56. The van der Waals surface area contributed by atoms with E-state index in [9.17, 15) is 0 Å². The first-order valence-corrected chi connectivity index (χ1v) is 6.79. The predicted molar refractivity (Wildman–Crippen MR) is 75.1 cm³/mol. The molecular formula is C13H18N2OS. The van der Waals surface area contributed by atoms with E-state index in [-0.39, 0.29) is 0 Å². The lowest BCUT2D eigenvalue weighted by Crippen LogP contribution is -2.12. The SMILES string of the molecule is COc1ccc(NC2=N[C@@H](C(C)C)CS2)cc1. The van der Waals surface area contributed by atoms with Gasteiger partial charge in [0.2, 0.25) is 0 Å². The summed E-state index contributed by atoms with van der Waals surface area (Å²) in [6.07, 6.45) is 0. The molecule has 0 aliphatic carbocycles. The number of nitrogens with one attached hydrogen (secondary N) is 1. The molecular weight excluding hydrogens is 232 g/mol. The van der Waals surface area contributed by atoms with Crippen LogP contribution < -0.4 is 10.1 Å². The van der Waals surface area contributed by atoms with E-state index in [1.54, 1.807) is 18.9 Å². The number of aliphatic imine (C=N–C) groups is 1. The third kappa shape index (κ3) is 3.16. The van der Waals surface area contributed by atoms with Crippen molar-refractivity contribution in [3.63, 3.8) is 0 Å². The highest BCUT2D eigenvalue weighted by atomic mass is 32.2. The van der Waals surface area contributed by atoms with Crippen molar-refractivity contribution in [2.75, 3.05) is 18.2 Å². The van der Waals surface area contributed by atoms with Gasteiger partial charge < -0.3 is 10.1 Å². The zero-order chi connectivity index (χ0) is 12.3. The molecule has 1 heterocycles. The van der Waals surface area contributed by atoms with E-state index < -0.39 is 0 Å². The number of hydrogen-bond acceptors (Lipinski definition) is 4. The highest BCUT2D eigenvalue weighted by molar-refractivity contribution is 8.14. The second-order valence-corrected chi connectivity index (χ2v) is 5.42. The lowest BCUT2D eigenvalue weighted by molar-refractivity contribution is 0.415. The topological polar surface area (TPSA) is 33.6 Å². The Morgan fingerprint density at radius 1 is 1.35 bits per heavy atom. The van der Waals surface area contributed by atoms with E-state index in [1.807, 2.05) is 24.3 Å². The van der Waals surface area contributed by atoms with Crippen molar-refractivity contribution in [2.45, 2.75) is 19.9 Å². The second kappa shape index (κ2) is 5.45. The molecule has 0 radical (unpaired) electrons. The van der Waals surface area contributed by atoms with Gasteiger partial charge >= 0.3 is 0 Å². The number of ether oxygens (including phenoxy) is 1. The van der Waals surface area contributed by atoms with E-state index in [4.69, 9.17) is 4.74 Å². The first kappa shape index (κ1) is 12.3. The molecule has 1 aromatic rings. The summed E-state index contributed by atoms with van der Waals surface area (Å²) in [5, 5.41) is 4.36. The average Bonchev–Trinajstić information content (AvgIpc) is 2.79. The van der Waals surface area contributed by atoms with Crippen LogP contribution in [0.3, 0.4) is 0 Å². The molecule has 92 valence electrons. The van der Waals surface area contributed by atoms with Crippen LogP contribution >= 0.6 is 11.8 Å². The molecule has 0 amide bonds. The Labute approximate surface area is 107 Å². The quantitative estimate of drug-likeness (QED) is 0.894. The smallest absolute Gasteiger partial charge is 0.161 e. The van der Waals surface area contributed by atoms with Gasteiger partial charge in [-0.2, -0.15) is 0 Å². The highest BCUT2D eigenvalue weighted by Gasteiger charge is 2.20. The number of amidine groups is 1. The first-order valence-electron chi connectivity index (χ1n) is 5.80. The lowest BCUT2D eigenvalue weighted by Gasteiger charge is -2.08. The standard InChI is InChI=1S/C13H18N2OS/c1-9(2)12-8-17-13(15-12)14-10-4-6-11(16-3)7-5-10/h4-7,9,12H,8H2,1-3H3,(H,14,15)/t12-/m1/s1. The molecule has 0 spiro atoms. The molecule has 0 saturated heterocycles. The van der Waals surface area contributed by atoms with Gasteiger partial charge in [0, 0.05) is 11.4 Å². The third-order valence-corrected chi connectivity index (χ3v) is 3.77. The summed E-state index contributed by atoms with van der Waals surface area (Å²) in [7, 11) is 1.67. The van der Waals surface area contributed by atoms with Crippen LogP contribution in [-0.2, 0) is 0 Å². The molecule has 17 heavy (non-hydrogen) atoms. The van der Waals surface area contributed by atoms with Crippen molar-refractivity contribution in [1.29, 1.82) is 0 Å². The molecule has 0 aromatic heterocycles. The summed E-state index contributed by atoms with van der Waals surface area (Å²) in [4.78, 5) is 4.66. The van der Waals surface area contributed by atoms with Gasteiger partial charge in [0.15, 0.2) is 5.17 Å². The van der Waals surface area contributed by atoms with E-state index >= 15 is 0 Å². The van der Waals surface area contributed by atoms with Crippen molar-refractivity contribution in [2.24, 2.45) is 10.9 Å². The normalized spacial score (nSPS) is 19.3. The maximum Gasteiger partial charge on any atom is 0.161 e. The highest BCUT2D eigenvalue weighted by Crippen LogP contribution is 2.25. The summed E-state index contributed by atoms with van der Waals surface area (Å²) < 4.78 is 5.12. The van der Waals surface area contributed by atoms with Crippen LogP contribution in [0, 0.1) is 5.92 Å². The number of rotatable bonds is 3. The molecule has 1 aliphatic rings. The predicted octanol–water partition coefficient (Wildman–Crippen LogP) is 3.23. The lowest BCUT2D eigenvalue weighted by atomic mass is 10.1. The molecule has 1 aromatic carbocycles. The zero-order valence-corrected chi connectivity index (χ0v) is 11.3. The average molecular weight is 250 g/mol. The van der Waals surface area contributed by atoms with Gasteiger partial charge in [-0.1, -0.05) is 25.6 Å². The van der Waals surface area contributed by atoms with Gasteiger partial charge in [0.05, 0.1) is 13.2 Å². The second-order valence-electron chi connectivity index (χ2n) is 4.41. The van der Waals surface area contributed by atoms with Crippen LogP contribution in [0.5, 0.6) is 5.75 Å². The van der Waals surface area contributed by atoms with Crippen molar-refractivity contribution < 1.29 is 4.74 Å². The Kier molecular flexibility index (Phi) is 3.94. The minimum Gasteiger partial charge on any atom is -0.497 e. The fourth-order valence-corrected chi connectivity index (χ4v) is 2.79. The summed E-state index contributed by atoms with van der Waals surface area (Å²) in [5.41, 5.74) is 1.06. The third-order valence-electron chi connectivity index (χ3n) is 2.78. The fraction of sp³-hybridized carbons (Fsp3) is 0.462. The van der Waals surface area contributed by atoms with Crippen molar-refractivity contribution in [3.05, 3.63) is 24.3 Å². The molecule has 3 nitrogen and oxygen atoms in total. The molecule has 4 heteroatoms. The Balaban J connectivity index is 1.99. The number of methoxy groups -OCH3 is 1. The van der Waals surface area contributed by atoms with Gasteiger partial charge in [0.25, 0.3) is 0 Å². The van der Waals surface area contributed by atoms with Gasteiger partial charge in [-0.05, 0) is 30.2 Å². The molecule has 0 unspecified atom stereocenters. The van der Waals surface area contributed by atoms with Crippen LogP contribution in [0.1, 0.15) is 13.8 Å². The summed E-state index contributed by atoms with van der Waals surface area (Å²) >= 11 is 1.79. The van der Waals surface area contributed by atoms with E-state index in [2.05, 4.69) is 24.2 Å². The van der Waals surface area contributed by atoms with Crippen molar-refractivity contribution in [1.82, 2.24) is 0 Å². The minimum atomic E-state index is 0.445. The summed E-state index contributed by atoms with van der Waals surface area (Å²) in [6, 6.07) is 8.35. The number of anilines is 1. The zero-order valence-electron chi connectivity index (χ0n) is 10.4. The number of nitrogens with zero attached hydrogens (tertiary/aromatic N) is 1. The number of hydrogen-bond donors (Lipinski definition) is 1. The monoisotopic (exact) mass is 250 g/mol. The van der Waals surface area contributed by atoms with Gasteiger partial charge in [-0.25, -0.2) is 0 Å². The van der Waals surface area contributed by atoms with E-state index in [0.29, 0.717) is 12.0 Å². The van der Waals surface area contributed by atoms with Crippen LogP contribution in [0.2, 0.25) is 0 Å². The maximum absolute atomic E-state index is 5.12. The molecule has 2 rings (SSSR count). The Morgan fingerprint density at radius 3 is 2.59 bits per heavy atom. The van der Waals surface area contributed by atoms with Gasteiger partial charge in [0.1, 0.15) is 5.75 Å². The molecule has 0 saturated carbocycles. The minimum absolute atomic E-state index is 0.445. The molecule has 1 atom stereocenters. The number of benzene rings is 1. The maximum atomic E-state index is 5.12. The van der Waals surface area contributed by atoms with Crippen molar-refractivity contribution >= 4 is 22.6 Å². The van der Waals surface area contributed by atoms with Crippen LogP contribution in [-0.4, -0.2) is 24.1 Å². The summed E-state index contributed by atoms with van der Waals surface area (Å²) in [6.45, 7) is 4.43. The Hall–Kier alpha value is -1.16.